The maximum absolute atomic E-state index is 6.09. The fraction of sp³-hybridized carbons (Fsp3) is 0.222. The molecule has 3 nitrogen and oxygen atoms in total. The molecule has 0 atom stereocenters. The summed E-state index contributed by atoms with van der Waals surface area (Å²) in [5.74, 6) is 3.79. The van der Waals surface area contributed by atoms with Gasteiger partial charge in [0.15, 0.2) is 11.5 Å². The molecule has 0 saturated heterocycles. The molecule has 0 aliphatic rings. The van der Waals surface area contributed by atoms with Gasteiger partial charge in [-0.15, -0.1) is 6.42 Å². The Balaban J connectivity index is 2.08. The normalized spacial score (nSPS) is 10.0. The van der Waals surface area contributed by atoms with Gasteiger partial charge in [-0.2, -0.15) is 0 Å². The number of ether oxygens (including phenoxy) is 2. The minimum atomic E-state index is 0.217. The first-order chi connectivity index (χ1) is 11.1. The van der Waals surface area contributed by atoms with Crippen LogP contribution in [0.4, 0.5) is 5.69 Å². The molecule has 0 bridgehead atoms. The number of rotatable bonds is 7. The van der Waals surface area contributed by atoms with E-state index in [4.69, 9.17) is 27.5 Å². The van der Waals surface area contributed by atoms with E-state index in [1.54, 1.807) is 0 Å². The molecular weight excluding hydrogens is 378 g/mol. The van der Waals surface area contributed by atoms with Gasteiger partial charge < -0.3 is 14.8 Å². The summed E-state index contributed by atoms with van der Waals surface area (Å²) < 4.78 is 12.0. The number of terminal acetylenes is 1. The highest BCUT2D eigenvalue weighted by Gasteiger charge is 2.07. The van der Waals surface area contributed by atoms with Gasteiger partial charge in [-0.25, -0.2) is 0 Å². The summed E-state index contributed by atoms with van der Waals surface area (Å²) >= 11 is 9.47. The van der Waals surface area contributed by atoms with Crippen molar-refractivity contribution in [2.45, 2.75) is 13.5 Å². The average Bonchev–Trinajstić information content (AvgIpc) is 2.55. The molecule has 2 aromatic carbocycles. The lowest BCUT2D eigenvalue weighted by atomic mass is 10.2. The van der Waals surface area contributed by atoms with Crippen molar-refractivity contribution in [1.29, 1.82) is 0 Å². The van der Waals surface area contributed by atoms with Crippen LogP contribution in [-0.2, 0) is 6.54 Å². The van der Waals surface area contributed by atoms with Crippen LogP contribution in [0.15, 0.2) is 40.9 Å². The first-order valence-electron chi connectivity index (χ1n) is 7.15. The number of halogens is 2. The van der Waals surface area contributed by atoms with Gasteiger partial charge in [-0.1, -0.05) is 23.6 Å². The molecule has 0 aliphatic heterocycles. The van der Waals surface area contributed by atoms with Crippen LogP contribution in [0, 0.1) is 12.3 Å². The third-order valence-corrected chi connectivity index (χ3v) is 4.27. The Morgan fingerprint density at radius 2 is 2.00 bits per heavy atom. The Labute approximate surface area is 150 Å². The molecule has 23 heavy (non-hydrogen) atoms. The summed E-state index contributed by atoms with van der Waals surface area (Å²) in [5, 5.41) is 4.00. The smallest absolute Gasteiger partial charge is 0.162 e. The minimum Gasteiger partial charge on any atom is -0.490 e. The summed E-state index contributed by atoms with van der Waals surface area (Å²) in [4.78, 5) is 0. The molecule has 0 radical (unpaired) electrons. The van der Waals surface area contributed by atoms with Gasteiger partial charge in [0, 0.05) is 16.7 Å². The van der Waals surface area contributed by atoms with E-state index in [2.05, 4.69) is 27.2 Å². The van der Waals surface area contributed by atoms with Crippen molar-refractivity contribution in [2.24, 2.45) is 0 Å². The molecule has 0 aliphatic carbocycles. The van der Waals surface area contributed by atoms with Crippen molar-refractivity contribution in [1.82, 2.24) is 0 Å². The van der Waals surface area contributed by atoms with Crippen LogP contribution in [0.5, 0.6) is 11.5 Å². The molecular formula is C18H17BrClNO2. The third kappa shape index (κ3) is 5.09. The second kappa shape index (κ2) is 8.71. The van der Waals surface area contributed by atoms with Crippen molar-refractivity contribution in [2.75, 3.05) is 18.5 Å². The fourth-order valence-electron chi connectivity index (χ4n) is 1.98. The van der Waals surface area contributed by atoms with E-state index in [0.717, 1.165) is 15.7 Å². The highest BCUT2D eigenvalue weighted by Crippen LogP contribution is 2.29. The Morgan fingerprint density at radius 3 is 2.70 bits per heavy atom. The number of anilines is 1. The molecule has 0 unspecified atom stereocenters. The lowest BCUT2D eigenvalue weighted by molar-refractivity contribution is 0.299. The highest BCUT2D eigenvalue weighted by atomic mass is 79.9. The molecule has 0 spiro atoms. The monoisotopic (exact) mass is 393 g/mol. The summed E-state index contributed by atoms with van der Waals surface area (Å²) in [7, 11) is 0. The molecule has 2 rings (SSSR count). The van der Waals surface area contributed by atoms with E-state index < -0.39 is 0 Å². The summed E-state index contributed by atoms with van der Waals surface area (Å²) in [6.45, 7) is 3.36. The molecule has 1 N–H and O–H groups in total. The van der Waals surface area contributed by atoms with E-state index in [1.165, 1.54) is 0 Å². The Kier molecular flexibility index (Phi) is 6.64. The molecule has 0 saturated carbocycles. The zero-order valence-electron chi connectivity index (χ0n) is 12.7. The molecule has 0 aromatic heterocycles. The van der Waals surface area contributed by atoms with Gasteiger partial charge in [0.2, 0.25) is 0 Å². The molecule has 2 aromatic rings. The summed E-state index contributed by atoms with van der Waals surface area (Å²) in [5.41, 5.74) is 2.02. The summed E-state index contributed by atoms with van der Waals surface area (Å²) in [6, 6.07) is 11.5. The zero-order chi connectivity index (χ0) is 16.7. The largest absolute Gasteiger partial charge is 0.490 e. The fourth-order valence-corrected chi connectivity index (χ4v) is 2.41. The van der Waals surface area contributed by atoms with Crippen LogP contribution < -0.4 is 14.8 Å². The number of hydrogen-bond donors (Lipinski definition) is 1. The molecule has 0 amide bonds. The van der Waals surface area contributed by atoms with Crippen molar-refractivity contribution < 1.29 is 9.47 Å². The molecule has 0 fully saturated rings. The van der Waals surface area contributed by atoms with Crippen LogP contribution in [0.1, 0.15) is 12.5 Å². The Hall–Kier alpha value is -1.83. The predicted molar refractivity (Wildman–Crippen MR) is 98.4 cm³/mol. The van der Waals surface area contributed by atoms with E-state index in [0.29, 0.717) is 29.7 Å². The number of nitrogens with one attached hydrogen (secondary N) is 1. The standard InChI is InChI=1S/C18H17BrClNO2/c1-3-9-23-17-8-5-13(10-18(17)22-4-2)12-21-14-6-7-15(19)16(20)11-14/h1,5-8,10-11,21H,4,9,12H2,2H3. The average molecular weight is 395 g/mol. The third-order valence-electron chi connectivity index (χ3n) is 3.04. The zero-order valence-corrected chi connectivity index (χ0v) is 15.1. The molecule has 5 heteroatoms. The second-order valence-electron chi connectivity index (χ2n) is 4.69. The van der Waals surface area contributed by atoms with E-state index in [9.17, 15) is 0 Å². The van der Waals surface area contributed by atoms with Crippen molar-refractivity contribution in [3.63, 3.8) is 0 Å². The second-order valence-corrected chi connectivity index (χ2v) is 5.95. The highest BCUT2D eigenvalue weighted by molar-refractivity contribution is 9.10. The van der Waals surface area contributed by atoms with Crippen LogP contribution in [0.3, 0.4) is 0 Å². The number of hydrogen-bond acceptors (Lipinski definition) is 3. The van der Waals surface area contributed by atoms with Gasteiger partial charge >= 0.3 is 0 Å². The van der Waals surface area contributed by atoms with Gasteiger partial charge in [0.25, 0.3) is 0 Å². The maximum Gasteiger partial charge on any atom is 0.162 e. The van der Waals surface area contributed by atoms with Crippen molar-refractivity contribution in [3.05, 3.63) is 51.5 Å². The first-order valence-corrected chi connectivity index (χ1v) is 8.32. The van der Waals surface area contributed by atoms with E-state index >= 15 is 0 Å². The van der Waals surface area contributed by atoms with Gasteiger partial charge in [0.1, 0.15) is 6.61 Å². The van der Waals surface area contributed by atoms with Gasteiger partial charge in [0.05, 0.1) is 11.6 Å². The van der Waals surface area contributed by atoms with Crippen molar-refractivity contribution in [3.8, 4) is 23.8 Å². The Bertz CT molecular complexity index is 713. The van der Waals surface area contributed by atoms with Gasteiger partial charge in [-0.3, -0.25) is 0 Å². The number of benzene rings is 2. The van der Waals surface area contributed by atoms with Crippen LogP contribution in [-0.4, -0.2) is 13.2 Å². The molecule has 0 heterocycles. The SMILES string of the molecule is C#CCOc1ccc(CNc2ccc(Br)c(Cl)c2)cc1OCC. The lowest BCUT2D eigenvalue weighted by Crippen LogP contribution is -2.03. The van der Waals surface area contributed by atoms with Gasteiger partial charge in [-0.05, 0) is 58.7 Å². The quantitative estimate of drug-likeness (QED) is 0.661. The summed E-state index contributed by atoms with van der Waals surface area (Å²) in [6.07, 6.45) is 5.23. The minimum absolute atomic E-state index is 0.217. The maximum atomic E-state index is 6.09. The Morgan fingerprint density at radius 1 is 1.17 bits per heavy atom. The lowest BCUT2D eigenvalue weighted by Gasteiger charge is -2.13. The van der Waals surface area contributed by atoms with E-state index in [-0.39, 0.29) is 6.61 Å². The van der Waals surface area contributed by atoms with Crippen LogP contribution in [0.2, 0.25) is 5.02 Å². The predicted octanol–water partition coefficient (Wildman–Crippen LogP) is 5.13. The van der Waals surface area contributed by atoms with Crippen LogP contribution >= 0.6 is 27.5 Å². The molecule has 120 valence electrons. The van der Waals surface area contributed by atoms with E-state index in [1.807, 2.05) is 43.3 Å². The topological polar surface area (TPSA) is 30.5 Å². The first kappa shape index (κ1) is 17.5. The van der Waals surface area contributed by atoms with Crippen LogP contribution in [0.25, 0.3) is 0 Å². The van der Waals surface area contributed by atoms with Crippen molar-refractivity contribution >= 4 is 33.2 Å².